The van der Waals surface area contributed by atoms with Crippen molar-refractivity contribution in [3.8, 4) is 0 Å². The second-order valence-corrected chi connectivity index (χ2v) is 5.00. The van der Waals surface area contributed by atoms with Gasteiger partial charge < -0.3 is 14.8 Å². The van der Waals surface area contributed by atoms with Gasteiger partial charge in [0.1, 0.15) is 5.82 Å². The molecule has 1 aromatic rings. The van der Waals surface area contributed by atoms with Gasteiger partial charge in [-0.05, 0) is 25.9 Å². The molecule has 1 fully saturated rings. The lowest BCUT2D eigenvalue weighted by Gasteiger charge is -2.22. The van der Waals surface area contributed by atoms with E-state index in [1.807, 2.05) is 6.20 Å². The van der Waals surface area contributed by atoms with Gasteiger partial charge in [-0.25, -0.2) is 4.98 Å². The third-order valence-corrected chi connectivity index (χ3v) is 3.69. The maximum Gasteiger partial charge on any atom is 0.122 e. The van der Waals surface area contributed by atoms with Crippen molar-refractivity contribution in [1.29, 1.82) is 0 Å². The number of hydrogen-bond acceptors (Lipinski definition) is 3. The Kier molecular flexibility index (Phi) is 2.93. The highest BCUT2D eigenvalue weighted by atomic mass is 15.2. The highest BCUT2D eigenvalue weighted by Gasteiger charge is 2.20. The van der Waals surface area contributed by atoms with E-state index in [2.05, 4.69) is 26.0 Å². The average molecular weight is 220 g/mol. The van der Waals surface area contributed by atoms with Crippen LogP contribution in [0.2, 0.25) is 0 Å². The van der Waals surface area contributed by atoms with Crippen LogP contribution in [0.4, 0.5) is 0 Å². The first kappa shape index (κ1) is 10.3. The third-order valence-electron chi connectivity index (χ3n) is 3.69. The Bertz CT molecular complexity index is 341. The van der Waals surface area contributed by atoms with Gasteiger partial charge in [0.15, 0.2) is 0 Å². The van der Waals surface area contributed by atoms with Crippen LogP contribution in [0.25, 0.3) is 0 Å². The lowest BCUT2D eigenvalue weighted by Crippen LogP contribution is -2.33. The van der Waals surface area contributed by atoms with Crippen molar-refractivity contribution in [2.45, 2.75) is 25.9 Å². The van der Waals surface area contributed by atoms with Gasteiger partial charge in [0.05, 0.1) is 6.54 Å². The van der Waals surface area contributed by atoms with E-state index in [4.69, 9.17) is 0 Å². The van der Waals surface area contributed by atoms with Crippen molar-refractivity contribution in [1.82, 2.24) is 19.8 Å². The fourth-order valence-electron chi connectivity index (χ4n) is 2.86. The number of nitrogens with one attached hydrogen (secondary N) is 1. The van der Waals surface area contributed by atoms with Gasteiger partial charge in [-0.2, -0.15) is 0 Å². The van der Waals surface area contributed by atoms with E-state index in [1.54, 1.807) is 0 Å². The van der Waals surface area contributed by atoms with E-state index in [0.29, 0.717) is 0 Å². The molecule has 1 unspecified atom stereocenters. The Morgan fingerprint density at radius 1 is 1.38 bits per heavy atom. The van der Waals surface area contributed by atoms with Crippen molar-refractivity contribution >= 4 is 0 Å². The number of rotatable bonds is 2. The number of nitrogens with zero attached hydrogens (tertiary/aromatic N) is 3. The average Bonchev–Trinajstić information content (AvgIpc) is 2.88. The summed E-state index contributed by atoms with van der Waals surface area (Å²) < 4.78 is 2.31. The van der Waals surface area contributed by atoms with E-state index >= 15 is 0 Å². The van der Waals surface area contributed by atoms with Crippen molar-refractivity contribution in [3.63, 3.8) is 0 Å². The maximum atomic E-state index is 4.37. The normalized spacial score (nSPS) is 26.6. The van der Waals surface area contributed by atoms with Gasteiger partial charge >= 0.3 is 0 Å². The first-order valence-electron chi connectivity index (χ1n) is 6.35. The minimum absolute atomic E-state index is 0.730. The SMILES string of the molecule is c1cn2c(n1)CNCC(CN1CCCC1)C2. The van der Waals surface area contributed by atoms with Crippen LogP contribution in [-0.4, -0.2) is 40.6 Å². The third kappa shape index (κ3) is 2.13. The molecule has 0 spiro atoms. The Morgan fingerprint density at radius 3 is 3.12 bits per heavy atom. The molecule has 1 saturated heterocycles. The molecule has 4 heteroatoms. The number of imidazole rings is 1. The van der Waals surface area contributed by atoms with Crippen LogP contribution in [0.15, 0.2) is 12.4 Å². The fraction of sp³-hybridized carbons (Fsp3) is 0.750. The standard InChI is InChI=1S/C12H20N4/c1-2-5-15(4-1)9-11-7-13-8-12-14-3-6-16(12)10-11/h3,6,11,13H,1-2,4-5,7-10H2. The van der Waals surface area contributed by atoms with Crippen LogP contribution in [0, 0.1) is 5.92 Å². The summed E-state index contributed by atoms with van der Waals surface area (Å²) in [6, 6.07) is 0. The van der Waals surface area contributed by atoms with E-state index in [1.165, 1.54) is 38.3 Å². The number of likely N-dealkylation sites (tertiary alicyclic amines) is 1. The molecular formula is C12H20N4. The Labute approximate surface area is 96.7 Å². The molecule has 0 aliphatic carbocycles. The molecule has 2 aliphatic heterocycles. The first-order chi connectivity index (χ1) is 7.92. The van der Waals surface area contributed by atoms with Crippen LogP contribution >= 0.6 is 0 Å². The molecule has 88 valence electrons. The molecule has 16 heavy (non-hydrogen) atoms. The molecule has 1 aromatic heterocycles. The zero-order valence-corrected chi connectivity index (χ0v) is 9.73. The van der Waals surface area contributed by atoms with E-state index in [-0.39, 0.29) is 0 Å². The second-order valence-electron chi connectivity index (χ2n) is 5.00. The smallest absolute Gasteiger partial charge is 0.122 e. The fourth-order valence-corrected chi connectivity index (χ4v) is 2.86. The minimum atomic E-state index is 0.730. The zero-order valence-electron chi connectivity index (χ0n) is 9.73. The summed E-state index contributed by atoms with van der Waals surface area (Å²) in [7, 11) is 0. The van der Waals surface area contributed by atoms with Gasteiger partial charge in [-0.1, -0.05) is 0 Å². The summed E-state index contributed by atoms with van der Waals surface area (Å²) in [5, 5.41) is 3.50. The summed E-state index contributed by atoms with van der Waals surface area (Å²) in [6.45, 7) is 7.01. The Morgan fingerprint density at radius 2 is 2.25 bits per heavy atom. The lowest BCUT2D eigenvalue weighted by molar-refractivity contribution is 0.260. The van der Waals surface area contributed by atoms with Gasteiger partial charge in [0.2, 0.25) is 0 Å². The zero-order chi connectivity index (χ0) is 10.8. The van der Waals surface area contributed by atoms with Gasteiger partial charge in [-0.15, -0.1) is 0 Å². The molecule has 4 nitrogen and oxygen atoms in total. The quantitative estimate of drug-likeness (QED) is 0.796. The van der Waals surface area contributed by atoms with E-state index < -0.39 is 0 Å². The van der Waals surface area contributed by atoms with Crippen molar-refractivity contribution < 1.29 is 0 Å². The maximum absolute atomic E-state index is 4.37. The van der Waals surface area contributed by atoms with Gasteiger partial charge in [0, 0.05) is 37.9 Å². The van der Waals surface area contributed by atoms with Gasteiger partial charge in [0.25, 0.3) is 0 Å². The van der Waals surface area contributed by atoms with Crippen molar-refractivity contribution in [3.05, 3.63) is 18.2 Å². The highest BCUT2D eigenvalue weighted by molar-refractivity contribution is 4.95. The minimum Gasteiger partial charge on any atom is -0.333 e. The Hall–Kier alpha value is -0.870. The van der Waals surface area contributed by atoms with Crippen molar-refractivity contribution in [2.24, 2.45) is 5.92 Å². The summed E-state index contributed by atoms with van der Waals surface area (Å²) in [4.78, 5) is 6.98. The molecule has 0 radical (unpaired) electrons. The summed E-state index contributed by atoms with van der Waals surface area (Å²) in [5.74, 6) is 1.91. The van der Waals surface area contributed by atoms with Gasteiger partial charge in [-0.3, -0.25) is 0 Å². The van der Waals surface area contributed by atoms with Crippen LogP contribution in [0.3, 0.4) is 0 Å². The molecular weight excluding hydrogens is 200 g/mol. The molecule has 0 aromatic carbocycles. The molecule has 2 aliphatic rings. The first-order valence-corrected chi connectivity index (χ1v) is 6.35. The second kappa shape index (κ2) is 4.55. The lowest BCUT2D eigenvalue weighted by atomic mass is 10.1. The number of aromatic nitrogens is 2. The topological polar surface area (TPSA) is 33.1 Å². The summed E-state index contributed by atoms with van der Waals surface area (Å²) in [6.07, 6.45) is 6.79. The molecule has 0 saturated carbocycles. The van der Waals surface area contributed by atoms with Crippen LogP contribution in [-0.2, 0) is 13.1 Å². The van der Waals surface area contributed by atoms with Crippen molar-refractivity contribution in [2.75, 3.05) is 26.2 Å². The summed E-state index contributed by atoms with van der Waals surface area (Å²) >= 11 is 0. The van der Waals surface area contributed by atoms with Crippen LogP contribution in [0.1, 0.15) is 18.7 Å². The molecule has 0 amide bonds. The van der Waals surface area contributed by atoms with E-state index in [0.717, 1.165) is 25.6 Å². The summed E-state index contributed by atoms with van der Waals surface area (Å²) in [5.41, 5.74) is 0. The predicted octanol–water partition coefficient (Wildman–Crippen LogP) is 0.698. The monoisotopic (exact) mass is 220 g/mol. The largest absolute Gasteiger partial charge is 0.333 e. The number of hydrogen-bond donors (Lipinski definition) is 1. The van der Waals surface area contributed by atoms with E-state index in [9.17, 15) is 0 Å². The molecule has 0 bridgehead atoms. The predicted molar refractivity (Wildman–Crippen MR) is 63.1 cm³/mol. The molecule has 3 rings (SSSR count). The Balaban J connectivity index is 1.63. The number of fused-ring (bicyclic) bond motifs is 1. The van der Waals surface area contributed by atoms with Crippen LogP contribution < -0.4 is 5.32 Å². The molecule has 1 atom stereocenters. The molecule has 1 N–H and O–H groups in total. The van der Waals surface area contributed by atoms with Crippen LogP contribution in [0.5, 0.6) is 0 Å². The highest BCUT2D eigenvalue weighted by Crippen LogP contribution is 2.14. The molecule has 3 heterocycles.